The predicted octanol–water partition coefficient (Wildman–Crippen LogP) is 1.89. The largest absolute Gasteiger partial charge is 0.399 e. The van der Waals surface area contributed by atoms with E-state index >= 15 is 0 Å². The number of anilines is 1. The van der Waals surface area contributed by atoms with E-state index in [-0.39, 0.29) is 0 Å². The normalized spacial score (nSPS) is 11.1. The molecular weight excluding hydrogens is 237 g/mol. The molecule has 0 bridgehead atoms. The van der Waals surface area contributed by atoms with Crippen molar-refractivity contribution in [2.75, 3.05) is 20.0 Å². The van der Waals surface area contributed by atoms with Crippen molar-refractivity contribution in [1.29, 1.82) is 0 Å². The first-order chi connectivity index (χ1) is 8.67. The Balaban J connectivity index is 2.51. The molecule has 0 aliphatic heterocycles. The summed E-state index contributed by atoms with van der Waals surface area (Å²) in [6.07, 6.45) is 2.42. The van der Waals surface area contributed by atoms with Crippen LogP contribution in [0.25, 0.3) is 5.69 Å². The van der Waals surface area contributed by atoms with Crippen molar-refractivity contribution in [3.05, 3.63) is 42.2 Å². The minimum Gasteiger partial charge on any atom is -0.399 e. The van der Waals surface area contributed by atoms with Crippen LogP contribution in [0.2, 0.25) is 0 Å². The number of nitrogen functional groups attached to an aromatic ring is 1. The van der Waals surface area contributed by atoms with E-state index in [0.29, 0.717) is 17.1 Å². The zero-order chi connectivity index (χ0) is 13.1. The average molecular weight is 251 g/mol. The molecule has 0 saturated heterocycles. The van der Waals surface area contributed by atoms with Crippen LogP contribution < -0.4 is 5.73 Å². The van der Waals surface area contributed by atoms with Gasteiger partial charge in [0.15, 0.2) is 0 Å². The first-order valence-corrected chi connectivity index (χ1v) is 5.30. The van der Waals surface area contributed by atoms with Crippen LogP contribution in [0, 0.1) is 5.82 Å². The Labute approximate surface area is 104 Å². The maximum atomic E-state index is 13.8. The van der Waals surface area contributed by atoms with Gasteiger partial charge in [-0.1, -0.05) is 0 Å². The lowest BCUT2D eigenvalue weighted by molar-refractivity contribution is -0.109. The van der Waals surface area contributed by atoms with Crippen molar-refractivity contribution < 1.29 is 13.9 Å². The fourth-order valence-corrected chi connectivity index (χ4v) is 1.73. The molecule has 0 aliphatic carbocycles. The van der Waals surface area contributed by atoms with Crippen molar-refractivity contribution in [3.8, 4) is 5.69 Å². The summed E-state index contributed by atoms with van der Waals surface area (Å²) in [4.78, 5) is 3.98. The zero-order valence-electron chi connectivity index (χ0n) is 10.1. The number of nitrogens with zero attached hydrogens (tertiary/aromatic N) is 2. The third kappa shape index (κ3) is 2.20. The molecule has 2 aromatic rings. The third-order valence-corrected chi connectivity index (χ3v) is 2.57. The maximum absolute atomic E-state index is 13.8. The second-order valence-corrected chi connectivity index (χ2v) is 3.70. The Morgan fingerprint density at radius 1 is 1.33 bits per heavy atom. The van der Waals surface area contributed by atoms with Gasteiger partial charge in [0.1, 0.15) is 5.82 Å². The van der Waals surface area contributed by atoms with Gasteiger partial charge in [0.2, 0.25) is 6.29 Å². The molecule has 0 amide bonds. The molecule has 0 unspecified atom stereocenters. The highest BCUT2D eigenvalue weighted by atomic mass is 19.1. The summed E-state index contributed by atoms with van der Waals surface area (Å²) < 4.78 is 25.6. The second-order valence-electron chi connectivity index (χ2n) is 3.70. The Morgan fingerprint density at radius 3 is 2.72 bits per heavy atom. The number of rotatable bonds is 4. The fourth-order valence-electron chi connectivity index (χ4n) is 1.73. The van der Waals surface area contributed by atoms with Crippen LogP contribution in [-0.4, -0.2) is 23.8 Å². The summed E-state index contributed by atoms with van der Waals surface area (Å²) in [5, 5.41) is 0. The van der Waals surface area contributed by atoms with Gasteiger partial charge in [-0.25, -0.2) is 9.37 Å². The Morgan fingerprint density at radius 2 is 2.06 bits per heavy atom. The number of nitrogens with two attached hydrogens (primary N) is 1. The van der Waals surface area contributed by atoms with Gasteiger partial charge in [0.25, 0.3) is 0 Å². The van der Waals surface area contributed by atoms with E-state index in [2.05, 4.69) is 4.98 Å². The van der Waals surface area contributed by atoms with E-state index in [0.717, 1.165) is 0 Å². The number of ether oxygens (including phenoxy) is 2. The smallest absolute Gasteiger partial charge is 0.200 e. The van der Waals surface area contributed by atoms with Gasteiger partial charge in [-0.15, -0.1) is 0 Å². The standard InChI is InChI=1S/C12H14FN3O2/c1-17-12(18-2)11-6-15-7-16(11)10-5-8(14)3-4-9(10)13/h3-7,12H,14H2,1-2H3. The Kier molecular flexibility index (Phi) is 3.59. The molecule has 96 valence electrons. The molecular formula is C12H14FN3O2. The van der Waals surface area contributed by atoms with Gasteiger partial charge in [-0.05, 0) is 18.2 Å². The highest BCUT2D eigenvalue weighted by Gasteiger charge is 2.17. The molecule has 0 radical (unpaired) electrons. The summed E-state index contributed by atoms with van der Waals surface area (Å²) in [7, 11) is 3.00. The number of hydrogen-bond acceptors (Lipinski definition) is 4. The number of methoxy groups -OCH3 is 2. The SMILES string of the molecule is COC(OC)c1cncn1-c1cc(N)ccc1F. The highest BCUT2D eigenvalue weighted by Crippen LogP contribution is 2.23. The molecule has 1 aromatic heterocycles. The van der Waals surface area contributed by atoms with E-state index in [1.807, 2.05) is 0 Å². The van der Waals surface area contributed by atoms with E-state index < -0.39 is 12.1 Å². The summed E-state index contributed by atoms with van der Waals surface area (Å²) in [6.45, 7) is 0. The number of benzene rings is 1. The molecule has 0 fully saturated rings. The van der Waals surface area contributed by atoms with Crippen LogP contribution in [0.5, 0.6) is 0 Å². The molecule has 0 aliphatic rings. The van der Waals surface area contributed by atoms with Gasteiger partial charge in [0, 0.05) is 19.9 Å². The molecule has 6 heteroatoms. The summed E-state index contributed by atoms with van der Waals surface area (Å²) in [5.41, 5.74) is 7.03. The third-order valence-electron chi connectivity index (χ3n) is 2.57. The van der Waals surface area contributed by atoms with E-state index in [1.165, 1.54) is 38.7 Å². The van der Waals surface area contributed by atoms with E-state index in [4.69, 9.17) is 15.2 Å². The summed E-state index contributed by atoms with van der Waals surface area (Å²) in [5.74, 6) is -0.394. The zero-order valence-corrected chi connectivity index (χ0v) is 10.1. The number of imidazole rings is 1. The van der Waals surface area contributed by atoms with Crippen molar-refractivity contribution in [3.63, 3.8) is 0 Å². The Hall–Kier alpha value is -1.92. The lowest BCUT2D eigenvalue weighted by Gasteiger charge is -2.16. The number of halogens is 1. The predicted molar refractivity (Wildman–Crippen MR) is 64.7 cm³/mol. The van der Waals surface area contributed by atoms with Gasteiger partial charge in [0.05, 0.1) is 23.9 Å². The monoisotopic (exact) mass is 251 g/mol. The maximum Gasteiger partial charge on any atom is 0.200 e. The van der Waals surface area contributed by atoms with Crippen molar-refractivity contribution in [2.24, 2.45) is 0 Å². The van der Waals surface area contributed by atoms with Crippen LogP contribution >= 0.6 is 0 Å². The quantitative estimate of drug-likeness (QED) is 0.665. The van der Waals surface area contributed by atoms with Crippen molar-refractivity contribution >= 4 is 5.69 Å². The van der Waals surface area contributed by atoms with Crippen molar-refractivity contribution in [2.45, 2.75) is 6.29 Å². The Bertz CT molecular complexity index is 538. The van der Waals surface area contributed by atoms with Gasteiger partial charge >= 0.3 is 0 Å². The number of hydrogen-bond donors (Lipinski definition) is 1. The van der Waals surface area contributed by atoms with E-state index in [9.17, 15) is 4.39 Å². The molecule has 1 aromatic carbocycles. The second kappa shape index (κ2) is 5.16. The summed E-state index contributed by atoms with van der Waals surface area (Å²) >= 11 is 0. The first-order valence-electron chi connectivity index (χ1n) is 5.30. The van der Waals surface area contributed by atoms with Crippen LogP contribution in [0.1, 0.15) is 12.0 Å². The lowest BCUT2D eigenvalue weighted by Crippen LogP contribution is -2.10. The van der Waals surface area contributed by atoms with Crippen molar-refractivity contribution in [1.82, 2.24) is 9.55 Å². The molecule has 0 spiro atoms. The van der Waals surface area contributed by atoms with Crippen LogP contribution in [0.3, 0.4) is 0 Å². The molecule has 5 nitrogen and oxygen atoms in total. The molecule has 1 heterocycles. The average Bonchev–Trinajstić information content (AvgIpc) is 2.83. The highest BCUT2D eigenvalue weighted by molar-refractivity contribution is 5.49. The minimum atomic E-state index is -0.617. The van der Waals surface area contributed by atoms with Gasteiger partial charge in [-0.3, -0.25) is 4.57 Å². The van der Waals surface area contributed by atoms with Gasteiger partial charge < -0.3 is 15.2 Å². The molecule has 0 atom stereocenters. The fraction of sp³-hybridized carbons (Fsp3) is 0.250. The molecule has 2 rings (SSSR count). The van der Waals surface area contributed by atoms with Crippen LogP contribution in [-0.2, 0) is 9.47 Å². The minimum absolute atomic E-state index is 0.307. The molecule has 2 N–H and O–H groups in total. The van der Waals surface area contributed by atoms with Crippen LogP contribution in [0.4, 0.5) is 10.1 Å². The first kappa shape index (κ1) is 12.5. The number of aromatic nitrogens is 2. The molecule has 18 heavy (non-hydrogen) atoms. The van der Waals surface area contributed by atoms with Gasteiger partial charge in [-0.2, -0.15) is 0 Å². The van der Waals surface area contributed by atoms with E-state index in [1.54, 1.807) is 10.8 Å². The lowest BCUT2D eigenvalue weighted by atomic mass is 10.2. The topological polar surface area (TPSA) is 62.3 Å². The summed E-state index contributed by atoms with van der Waals surface area (Å²) in [6, 6.07) is 4.34. The van der Waals surface area contributed by atoms with Crippen LogP contribution in [0.15, 0.2) is 30.7 Å². The molecule has 0 saturated carbocycles.